The van der Waals surface area contributed by atoms with Gasteiger partial charge in [0.2, 0.25) is 5.91 Å². The number of rotatable bonds is 9. The number of phenols is 1. The van der Waals surface area contributed by atoms with Gasteiger partial charge >= 0.3 is 6.09 Å². The van der Waals surface area contributed by atoms with Crippen molar-refractivity contribution in [2.75, 3.05) is 16.4 Å². The Balaban J connectivity index is 1.40. The molecule has 2 amide bonds. The van der Waals surface area contributed by atoms with Gasteiger partial charge in [0.25, 0.3) is 0 Å². The zero-order chi connectivity index (χ0) is 26.9. The lowest BCUT2D eigenvalue weighted by atomic mass is 10.0. The van der Waals surface area contributed by atoms with Gasteiger partial charge < -0.3 is 20.9 Å². The van der Waals surface area contributed by atoms with Gasteiger partial charge in [-0.3, -0.25) is 10.1 Å². The van der Waals surface area contributed by atoms with Crippen molar-refractivity contribution in [3.8, 4) is 5.75 Å². The lowest BCUT2D eigenvalue weighted by molar-refractivity contribution is -0.111. The van der Waals surface area contributed by atoms with Crippen LogP contribution in [-0.2, 0) is 9.53 Å². The van der Waals surface area contributed by atoms with Crippen LogP contribution in [0.25, 0.3) is 10.8 Å². The van der Waals surface area contributed by atoms with Crippen LogP contribution in [0.1, 0.15) is 30.9 Å². The van der Waals surface area contributed by atoms with Crippen LogP contribution in [0.4, 0.5) is 21.9 Å². The summed E-state index contributed by atoms with van der Waals surface area (Å²) in [6.07, 6.45) is 3.49. The zero-order valence-electron chi connectivity index (χ0n) is 20.6. The Labute approximate surface area is 229 Å². The molecule has 0 aliphatic heterocycles. The number of amides is 2. The number of para-hydroxylation sites is 2. The number of anilines is 3. The molecular formula is C30H28BrN3O4. The van der Waals surface area contributed by atoms with Crippen molar-refractivity contribution in [3.05, 3.63) is 107 Å². The van der Waals surface area contributed by atoms with Gasteiger partial charge in [0.15, 0.2) is 0 Å². The van der Waals surface area contributed by atoms with E-state index in [4.69, 9.17) is 10.5 Å². The summed E-state index contributed by atoms with van der Waals surface area (Å²) in [5, 5.41) is 17.9. The average molecular weight is 574 g/mol. The lowest BCUT2D eigenvalue weighted by Crippen LogP contribution is -2.18. The number of nitrogens with one attached hydrogen (secondary N) is 2. The largest absolute Gasteiger partial charge is 0.508 e. The van der Waals surface area contributed by atoms with E-state index in [0.717, 1.165) is 15.2 Å². The minimum Gasteiger partial charge on any atom is -0.508 e. The number of halogens is 1. The molecule has 194 valence electrons. The number of unbranched alkanes of at least 4 members (excludes halogenated alkanes) is 1. The fourth-order valence-corrected chi connectivity index (χ4v) is 4.44. The number of carbonyl (C=O) groups is 2. The number of phenolic OH excluding ortho intramolecular Hbond substituents is 1. The van der Waals surface area contributed by atoms with Crippen molar-refractivity contribution in [2.45, 2.75) is 25.4 Å². The van der Waals surface area contributed by atoms with Gasteiger partial charge in [0.1, 0.15) is 11.9 Å². The van der Waals surface area contributed by atoms with E-state index in [-0.39, 0.29) is 11.7 Å². The van der Waals surface area contributed by atoms with Crippen molar-refractivity contribution in [2.24, 2.45) is 0 Å². The summed E-state index contributed by atoms with van der Waals surface area (Å²) in [5.41, 5.74) is 8.04. The zero-order valence-corrected chi connectivity index (χ0v) is 22.1. The highest BCUT2D eigenvalue weighted by Gasteiger charge is 2.21. The van der Waals surface area contributed by atoms with Gasteiger partial charge in [0.05, 0.1) is 17.1 Å². The van der Waals surface area contributed by atoms with E-state index in [1.165, 1.54) is 6.08 Å². The van der Waals surface area contributed by atoms with E-state index in [1.54, 1.807) is 48.5 Å². The molecule has 8 heteroatoms. The van der Waals surface area contributed by atoms with Crippen LogP contribution in [0.3, 0.4) is 0 Å². The number of aromatic hydroxyl groups is 1. The molecule has 0 fully saturated rings. The number of fused-ring (bicyclic) bond motifs is 1. The van der Waals surface area contributed by atoms with Crippen LogP contribution in [-0.4, -0.2) is 17.1 Å². The predicted octanol–water partition coefficient (Wildman–Crippen LogP) is 7.55. The first-order valence-electron chi connectivity index (χ1n) is 12.2. The van der Waals surface area contributed by atoms with E-state index in [0.29, 0.717) is 41.9 Å². The number of hydrogen-bond donors (Lipinski definition) is 4. The maximum atomic E-state index is 12.9. The average Bonchev–Trinajstić information content (AvgIpc) is 2.91. The molecule has 7 nitrogen and oxygen atoms in total. The number of carbonyl (C=O) groups excluding carboxylic acids is 2. The van der Waals surface area contributed by atoms with Crippen LogP contribution >= 0.6 is 15.9 Å². The third-order valence-electron chi connectivity index (χ3n) is 5.94. The number of benzene rings is 4. The van der Waals surface area contributed by atoms with Crippen molar-refractivity contribution in [1.29, 1.82) is 0 Å². The number of nitrogens with two attached hydrogens (primary N) is 1. The molecule has 0 radical (unpaired) electrons. The van der Waals surface area contributed by atoms with Crippen LogP contribution in [0.2, 0.25) is 0 Å². The maximum absolute atomic E-state index is 12.9. The summed E-state index contributed by atoms with van der Waals surface area (Å²) in [7, 11) is 0. The molecule has 38 heavy (non-hydrogen) atoms. The second-order valence-corrected chi connectivity index (χ2v) is 9.57. The fraction of sp³-hybridized carbons (Fsp3) is 0.133. The summed E-state index contributed by atoms with van der Waals surface area (Å²) in [6.45, 7) is 0. The van der Waals surface area contributed by atoms with Gasteiger partial charge in [-0.1, -0.05) is 70.5 Å². The van der Waals surface area contributed by atoms with E-state index >= 15 is 0 Å². The highest BCUT2D eigenvalue weighted by atomic mass is 79.9. The van der Waals surface area contributed by atoms with Gasteiger partial charge in [-0.25, -0.2) is 4.79 Å². The van der Waals surface area contributed by atoms with Gasteiger partial charge in [0, 0.05) is 15.4 Å². The topological polar surface area (TPSA) is 114 Å². The second kappa shape index (κ2) is 12.8. The first kappa shape index (κ1) is 26.8. The molecule has 0 saturated carbocycles. The summed E-state index contributed by atoms with van der Waals surface area (Å²) in [4.78, 5) is 25.1. The number of hydrogen-bond acceptors (Lipinski definition) is 5. The minimum atomic E-state index is -0.700. The molecule has 0 spiro atoms. The van der Waals surface area contributed by atoms with Gasteiger partial charge in [-0.15, -0.1) is 0 Å². The Morgan fingerprint density at radius 1 is 0.947 bits per heavy atom. The van der Waals surface area contributed by atoms with E-state index in [9.17, 15) is 14.7 Å². The highest BCUT2D eigenvalue weighted by Crippen LogP contribution is 2.34. The molecule has 4 aromatic carbocycles. The lowest BCUT2D eigenvalue weighted by Gasteiger charge is -2.20. The van der Waals surface area contributed by atoms with Gasteiger partial charge in [-0.05, 0) is 67.1 Å². The molecule has 0 aromatic heterocycles. The Morgan fingerprint density at radius 2 is 1.68 bits per heavy atom. The SMILES string of the molecule is Nc1ccccc1NC(=O)/C=C/CCC[C@H](OC(=O)Nc1cccc2ccccc12)c1cc(Br)ccc1O. The molecule has 1 atom stereocenters. The Kier molecular flexibility index (Phi) is 9.00. The van der Waals surface area contributed by atoms with Crippen LogP contribution in [0.15, 0.2) is 102 Å². The molecule has 0 aliphatic carbocycles. The quantitative estimate of drug-likeness (QED) is 0.0937. The molecule has 0 aliphatic rings. The van der Waals surface area contributed by atoms with Crippen LogP contribution in [0.5, 0.6) is 5.75 Å². The third-order valence-corrected chi connectivity index (χ3v) is 6.43. The monoisotopic (exact) mass is 573 g/mol. The Morgan fingerprint density at radius 3 is 2.53 bits per heavy atom. The summed E-state index contributed by atoms with van der Waals surface area (Å²) in [5.74, 6) is -0.249. The molecule has 0 bridgehead atoms. The summed E-state index contributed by atoms with van der Waals surface area (Å²) < 4.78 is 6.55. The molecule has 4 rings (SSSR count). The Hall–Kier alpha value is -4.30. The number of nitrogen functional groups attached to an aromatic ring is 1. The molecular weight excluding hydrogens is 546 g/mol. The molecule has 4 aromatic rings. The first-order chi connectivity index (χ1) is 18.4. The van der Waals surface area contributed by atoms with Crippen molar-refractivity contribution in [3.63, 3.8) is 0 Å². The van der Waals surface area contributed by atoms with Crippen LogP contribution < -0.4 is 16.4 Å². The molecule has 0 unspecified atom stereocenters. The minimum absolute atomic E-state index is 0.0338. The smallest absolute Gasteiger partial charge is 0.412 e. The standard InChI is InChI=1S/C30H28BrN3O4/c31-21-17-18-27(35)23(19-21)28(15-2-1-3-16-29(36)33-26-13-7-6-12-24(26)32)38-30(37)34-25-14-8-10-20-9-4-5-11-22(20)25/h3-14,16-19,28,35H,1-2,15,32H2,(H,33,36)(H,34,37)/b16-3+/t28-/m0/s1. The van der Waals surface area contributed by atoms with E-state index < -0.39 is 12.2 Å². The van der Waals surface area contributed by atoms with Crippen molar-refractivity contribution >= 4 is 55.8 Å². The maximum Gasteiger partial charge on any atom is 0.412 e. The first-order valence-corrected chi connectivity index (χ1v) is 13.0. The molecule has 0 heterocycles. The number of allylic oxidation sites excluding steroid dienone is 1. The molecule has 5 N–H and O–H groups in total. The van der Waals surface area contributed by atoms with Gasteiger partial charge in [-0.2, -0.15) is 0 Å². The van der Waals surface area contributed by atoms with E-state index in [1.807, 2.05) is 42.5 Å². The van der Waals surface area contributed by atoms with Crippen molar-refractivity contribution < 1.29 is 19.4 Å². The number of ether oxygens (including phenoxy) is 1. The van der Waals surface area contributed by atoms with E-state index in [2.05, 4.69) is 26.6 Å². The summed E-state index contributed by atoms with van der Waals surface area (Å²) in [6, 6.07) is 25.4. The summed E-state index contributed by atoms with van der Waals surface area (Å²) >= 11 is 3.42. The second-order valence-electron chi connectivity index (χ2n) is 8.66. The fourth-order valence-electron chi connectivity index (χ4n) is 4.06. The van der Waals surface area contributed by atoms with Crippen LogP contribution in [0, 0.1) is 0 Å². The molecule has 0 saturated heterocycles. The third kappa shape index (κ3) is 7.14. The Bertz CT molecular complexity index is 1470. The normalized spacial score (nSPS) is 11.8. The highest BCUT2D eigenvalue weighted by molar-refractivity contribution is 9.10. The van der Waals surface area contributed by atoms with Crippen molar-refractivity contribution in [1.82, 2.24) is 0 Å². The predicted molar refractivity (Wildman–Crippen MR) is 155 cm³/mol.